The predicted octanol–water partition coefficient (Wildman–Crippen LogP) is 0.600. The first-order chi connectivity index (χ1) is 24.1. The topological polar surface area (TPSA) is 243 Å². The summed E-state index contributed by atoms with van der Waals surface area (Å²) in [6, 6.07) is 10.8. The fourth-order valence-corrected chi connectivity index (χ4v) is 4.37. The summed E-state index contributed by atoms with van der Waals surface area (Å²) in [4.78, 5) is 50.4. The van der Waals surface area contributed by atoms with Crippen LogP contribution in [0.3, 0.4) is 0 Å². The Bertz CT molecular complexity index is 2380. The minimum Gasteiger partial charge on any atom is -1.00 e. The van der Waals surface area contributed by atoms with Crippen molar-refractivity contribution in [2.24, 2.45) is 0 Å². The van der Waals surface area contributed by atoms with Gasteiger partial charge in [0.1, 0.15) is 60.7 Å². The Morgan fingerprint density at radius 2 is 1.38 bits per heavy atom. The van der Waals surface area contributed by atoms with E-state index in [0.717, 1.165) is 11.5 Å². The molecule has 0 saturated carbocycles. The van der Waals surface area contributed by atoms with Crippen molar-refractivity contribution in [2.75, 3.05) is 0 Å². The summed E-state index contributed by atoms with van der Waals surface area (Å²) in [7, 11) is 0. The second-order valence-electron chi connectivity index (χ2n) is 9.56. The number of H-pyrrole nitrogens is 4. The molecule has 0 aliphatic carbocycles. The molecular weight excluding hydrogens is 683 g/mol. The molecule has 0 amide bonds. The van der Waals surface area contributed by atoms with Crippen LogP contribution in [-0.4, -0.2) is 59.9 Å². The third-order valence-electron chi connectivity index (χ3n) is 6.41. The number of imidazole rings is 3. The molecule has 0 aliphatic heterocycles. The maximum absolute atomic E-state index is 11.6. The van der Waals surface area contributed by atoms with Gasteiger partial charge in [0, 0.05) is 0 Å². The molecule has 0 fully saturated rings. The molecule has 0 bridgehead atoms. The average Bonchev–Trinajstić information content (AvgIpc) is 3.98. The van der Waals surface area contributed by atoms with Gasteiger partial charge in [0.15, 0.2) is 16.4 Å². The van der Waals surface area contributed by atoms with Crippen molar-refractivity contribution in [3.63, 3.8) is 0 Å². The van der Waals surface area contributed by atoms with Crippen LogP contribution in [0.5, 0.6) is 5.88 Å². The minimum absolute atomic E-state index is 0. The average molecular weight is 710 g/mol. The van der Waals surface area contributed by atoms with Gasteiger partial charge in [0.25, 0.3) is 11.2 Å². The van der Waals surface area contributed by atoms with Crippen LogP contribution in [0.25, 0.3) is 33.5 Å². The number of furan rings is 3. The summed E-state index contributed by atoms with van der Waals surface area (Å²) >= 11 is 5.68. The summed E-state index contributed by atoms with van der Waals surface area (Å²) in [6.07, 6.45) is 13.7. The van der Waals surface area contributed by atoms with Crippen molar-refractivity contribution in [3.05, 3.63) is 126 Å². The Kier molecular flexibility index (Phi) is 12.6. The Morgan fingerprint density at radius 1 is 0.760 bits per heavy atom. The van der Waals surface area contributed by atoms with E-state index in [-0.39, 0.29) is 43.2 Å². The first kappa shape index (κ1) is 35.6. The number of rotatable bonds is 6. The van der Waals surface area contributed by atoms with Crippen molar-refractivity contribution in [1.82, 2.24) is 54.8 Å². The third-order valence-corrected chi connectivity index (χ3v) is 6.70. The normalized spacial score (nSPS) is 10.4. The summed E-state index contributed by atoms with van der Waals surface area (Å²) < 4.78 is 22.4. The van der Waals surface area contributed by atoms with Gasteiger partial charge in [0.05, 0.1) is 37.8 Å². The van der Waals surface area contributed by atoms with E-state index in [2.05, 4.69) is 54.8 Å². The van der Waals surface area contributed by atoms with Crippen molar-refractivity contribution in [2.45, 2.75) is 19.8 Å². The largest absolute Gasteiger partial charge is 1.00 e. The minimum atomic E-state index is -0.169. The first-order valence-electron chi connectivity index (χ1n) is 14.3. The Balaban J connectivity index is 0.000000157. The first-order valence-corrected chi connectivity index (χ1v) is 14.7. The van der Waals surface area contributed by atoms with Gasteiger partial charge >= 0.3 is 35.1 Å². The molecule has 0 unspecified atom stereocenters. The molecule has 18 nitrogen and oxygen atoms in total. The second-order valence-corrected chi connectivity index (χ2v) is 9.92. The van der Waals surface area contributed by atoms with E-state index >= 15 is 0 Å². The van der Waals surface area contributed by atoms with Crippen molar-refractivity contribution < 1.29 is 58.6 Å². The van der Waals surface area contributed by atoms with Gasteiger partial charge in [-0.25, -0.2) is 34.5 Å². The molecule has 9 heterocycles. The number of halogens is 1. The zero-order valence-corrected chi connectivity index (χ0v) is 29.0. The van der Waals surface area contributed by atoms with E-state index in [1.165, 1.54) is 31.6 Å². The number of nitrogens with zero attached hydrogens (tertiary/aromatic N) is 8. The smallest absolute Gasteiger partial charge is 1.00 e. The van der Waals surface area contributed by atoms with Crippen LogP contribution >= 0.6 is 11.6 Å². The molecule has 9 aromatic heterocycles. The van der Waals surface area contributed by atoms with Gasteiger partial charge in [-0.15, -0.1) is 0 Å². The van der Waals surface area contributed by atoms with E-state index in [1.807, 2.05) is 24.3 Å². The molecule has 50 heavy (non-hydrogen) atoms. The van der Waals surface area contributed by atoms with Crippen molar-refractivity contribution in [1.29, 1.82) is 0 Å². The van der Waals surface area contributed by atoms with Crippen LogP contribution in [-0.2, 0) is 19.8 Å². The SMILES string of the molecule is Clc1ncnc2nc[nH]c12.O=c1[nH]cnc2[nH]c[n+](Cc3ccco3)c12.OCc1ccco1.[H-].[Na+].c1coc(COc2ncnc3nc[nH]c23)c1. The summed E-state index contributed by atoms with van der Waals surface area (Å²) in [5.74, 6) is 2.61. The monoisotopic (exact) mass is 709 g/mol. The molecule has 9 aromatic rings. The van der Waals surface area contributed by atoms with Gasteiger partial charge in [0.2, 0.25) is 12.2 Å². The molecule has 0 saturated heterocycles. The Morgan fingerprint density at radius 3 is 2.02 bits per heavy atom. The number of nitrogens with one attached hydrogen (secondary N) is 4. The second kappa shape index (κ2) is 17.7. The number of fused-ring (bicyclic) bond motifs is 3. The van der Waals surface area contributed by atoms with E-state index < -0.39 is 0 Å². The van der Waals surface area contributed by atoms with Gasteiger partial charge in [-0.3, -0.25) is 4.79 Å². The molecule has 0 aromatic carbocycles. The fourth-order valence-electron chi connectivity index (χ4n) is 4.19. The number of ether oxygens (including phenoxy) is 1. The number of hydrogen-bond acceptors (Lipinski definition) is 13. The number of aliphatic hydroxyl groups excluding tert-OH is 1. The molecule has 0 atom stereocenters. The van der Waals surface area contributed by atoms with Gasteiger partial charge < -0.3 is 39.5 Å². The molecule has 20 heteroatoms. The molecule has 9 rings (SSSR count). The molecule has 5 N–H and O–H groups in total. The zero-order chi connectivity index (χ0) is 33.8. The molecular formula is C30H27ClN12NaO6+. The molecule has 0 spiro atoms. The molecule has 0 aliphatic rings. The van der Waals surface area contributed by atoms with Gasteiger partial charge in [-0.05, 0) is 36.4 Å². The maximum Gasteiger partial charge on any atom is 1.00 e. The molecule has 250 valence electrons. The summed E-state index contributed by atoms with van der Waals surface area (Å²) in [6.45, 7) is 0.826. The number of aromatic nitrogens is 12. The number of aromatic amines is 4. The zero-order valence-electron chi connectivity index (χ0n) is 27.2. The summed E-state index contributed by atoms with van der Waals surface area (Å²) in [5, 5.41) is 8.74. The summed E-state index contributed by atoms with van der Waals surface area (Å²) in [5.41, 5.74) is 3.47. The third kappa shape index (κ3) is 9.07. The van der Waals surface area contributed by atoms with E-state index in [0.29, 0.717) is 63.4 Å². The van der Waals surface area contributed by atoms with Crippen LogP contribution in [0, 0.1) is 0 Å². The van der Waals surface area contributed by atoms with Crippen molar-refractivity contribution >= 4 is 45.1 Å². The van der Waals surface area contributed by atoms with Gasteiger partial charge in [-0.2, -0.15) is 9.97 Å². The fraction of sp³-hybridized carbons (Fsp3) is 0.100. The van der Waals surface area contributed by atoms with Crippen LogP contribution in [0.2, 0.25) is 5.15 Å². The number of hydrogen-bond donors (Lipinski definition) is 5. The predicted molar refractivity (Wildman–Crippen MR) is 172 cm³/mol. The van der Waals surface area contributed by atoms with Crippen molar-refractivity contribution in [3.8, 4) is 5.88 Å². The van der Waals surface area contributed by atoms with E-state index in [1.54, 1.807) is 41.9 Å². The maximum atomic E-state index is 11.6. The Labute approximate surface area is 308 Å². The quantitative estimate of drug-likeness (QED) is 0.0903. The van der Waals surface area contributed by atoms with Crippen LogP contribution in [0.1, 0.15) is 18.7 Å². The van der Waals surface area contributed by atoms with Gasteiger partial charge in [-0.1, -0.05) is 11.6 Å². The van der Waals surface area contributed by atoms with E-state index in [4.69, 9.17) is 34.7 Å². The number of aliphatic hydroxyl groups is 1. The standard InChI is InChI=1S/2C10H8N4O2.C5H3ClN4.C5H6O2.Na.H/c15-10-8-9(11-5-12-10)13-6-14(8)4-7-2-1-3-16-7;1-2-7(15-3-1)4-16-10-8-9(12-5-11-8)13-6-14-10;6-4-3-5(9-1-7-3)10-2-8-4;6-4-5-2-1-3-7-5;;/h1-3,5-6H,4H2,(H,11,12,15);1-3,5-6H,4H2,(H,11,12,13,14);1-2H,(H,7,8,9,10);1-3,6H,4H2;;/q;;;;+1;-1/p+1. The Hall–Kier alpha value is -5.66. The molecule has 0 radical (unpaired) electrons. The van der Waals surface area contributed by atoms with Crippen LogP contribution < -0.4 is 44.4 Å². The van der Waals surface area contributed by atoms with Crippen LogP contribution in [0.4, 0.5) is 0 Å². The van der Waals surface area contributed by atoms with Crippen LogP contribution in [0.15, 0.2) is 111 Å². The van der Waals surface area contributed by atoms with E-state index in [9.17, 15) is 4.79 Å².